The number of fused-ring (bicyclic) bond motifs is 2. The van der Waals surface area contributed by atoms with E-state index in [0.29, 0.717) is 0 Å². The summed E-state index contributed by atoms with van der Waals surface area (Å²) in [6.45, 7) is 0. The second-order valence-electron chi connectivity index (χ2n) is 5.70. The SMILES string of the molecule is COc1ccc(-c2c3ccccc3[n+](C)c3ccccc23)cc1. The van der Waals surface area contributed by atoms with Gasteiger partial charge in [-0.25, -0.2) is 0 Å². The van der Waals surface area contributed by atoms with Crippen molar-refractivity contribution in [1.82, 2.24) is 0 Å². The number of aromatic nitrogens is 1. The van der Waals surface area contributed by atoms with Crippen LogP contribution in [0.25, 0.3) is 32.9 Å². The first-order valence-corrected chi connectivity index (χ1v) is 7.73. The molecule has 2 heteroatoms. The maximum Gasteiger partial charge on any atom is 0.213 e. The summed E-state index contributed by atoms with van der Waals surface area (Å²) < 4.78 is 7.56. The van der Waals surface area contributed by atoms with E-state index in [4.69, 9.17) is 4.74 Å². The molecule has 0 radical (unpaired) electrons. The van der Waals surface area contributed by atoms with Crippen molar-refractivity contribution in [3.63, 3.8) is 0 Å². The molecule has 0 saturated heterocycles. The van der Waals surface area contributed by atoms with E-state index in [2.05, 4.69) is 72.3 Å². The highest BCUT2D eigenvalue weighted by Gasteiger charge is 2.18. The molecule has 0 atom stereocenters. The van der Waals surface area contributed by atoms with Crippen LogP contribution in [0.5, 0.6) is 5.75 Å². The fourth-order valence-electron chi connectivity index (χ4n) is 3.30. The average molecular weight is 300 g/mol. The monoisotopic (exact) mass is 300 g/mol. The lowest BCUT2D eigenvalue weighted by Gasteiger charge is -2.11. The first-order chi connectivity index (χ1) is 11.3. The molecular weight excluding hydrogens is 282 g/mol. The first kappa shape index (κ1) is 13.8. The Morgan fingerprint density at radius 2 is 1.22 bits per heavy atom. The lowest BCUT2D eigenvalue weighted by Crippen LogP contribution is -2.30. The summed E-state index contributed by atoms with van der Waals surface area (Å²) >= 11 is 0. The van der Waals surface area contributed by atoms with E-state index in [9.17, 15) is 0 Å². The molecule has 1 heterocycles. The molecule has 1 aromatic heterocycles. The van der Waals surface area contributed by atoms with Crippen LogP contribution in [-0.4, -0.2) is 7.11 Å². The molecule has 0 unspecified atom stereocenters. The van der Waals surface area contributed by atoms with Crippen molar-refractivity contribution in [2.75, 3.05) is 7.11 Å². The third-order valence-corrected chi connectivity index (χ3v) is 4.45. The van der Waals surface area contributed by atoms with E-state index in [1.807, 2.05) is 12.1 Å². The van der Waals surface area contributed by atoms with Crippen LogP contribution >= 0.6 is 0 Å². The zero-order chi connectivity index (χ0) is 15.8. The molecule has 0 aliphatic rings. The highest BCUT2D eigenvalue weighted by molar-refractivity contribution is 6.07. The summed E-state index contributed by atoms with van der Waals surface area (Å²) in [5.74, 6) is 0.879. The van der Waals surface area contributed by atoms with Gasteiger partial charge in [-0.05, 0) is 29.8 Å². The van der Waals surface area contributed by atoms with Gasteiger partial charge in [-0.1, -0.05) is 36.4 Å². The van der Waals surface area contributed by atoms with Gasteiger partial charge in [-0.15, -0.1) is 0 Å². The Labute approximate surface area is 135 Å². The number of rotatable bonds is 2. The summed E-state index contributed by atoms with van der Waals surface area (Å²) in [5.41, 5.74) is 4.95. The number of aryl methyl sites for hydroxylation is 1. The number of para-hydroxylation sites is 2. The van der Waals surface area contributed by atoms with Gasteiger partial charge in [0.25, 0.3) is 0 Å². The molecule has 0 amide bonds. The van der Waals surface area contributed by atoms with Crippen molar-refractivity contribution in [3.05, 3.63) is 72.8 Å². The van der Waals surface area contributed by atoms with Crippen molar-refractivity contribution in [2.45, 2.75) is 0 Å². The van der Waals surface area contributed by atoms with Gasteiger partial charge >= 0.3 is 0 Å². The maximum absolute atomic E-state index is 5.30. The largest absolute Gasteiger partial charge is 0.497 e. The Morgan fingerprint density at radius 3 is 1.74 bits per heavy atom. The molecule has 4 aromatic rings. The molecule has 2 nitrogen and oxygen atoms in total. The van der Waals surface area contributed by atoms with Gasteiger partial charge in [0.2, 0.25) is 11.0 Å². The molecule has 0 aliphatic carbocycles. The number of hydrogen-bond acceptors (Lipinski definition) is 1. The van der Waals surface area contributed by atoms with Gasteiger partial charge < -0.3 is 4.74 Å². The standard InChI is InChI=1S/C21H18NO/c1-22-19-9-5-3-7-17(19)21(18-8-4-6-10-20(18)22)15-11-13-16(23-2)14-12-15/h3-14H,1-2H3/q+1. The van der Waals surface area contributed by atoms with E-state index in [0.717, 1.165) is 5.75 Å². The number of pyridine rings is 1. The van der Waals surface area contributed by atoms with Crippen LogP contribution in [0.15, 0.2) is 72.8 Å². The number of hydrogen-bond donors (Lipinski definition) is 0. The van der Waals surface area contributed by atoms with E-state index in [1.165, 1.54) is 32.9 Å². The lowest BCUT2D eigenvalue weighted by molar-refractivity contribution is -0.617. The molecule has 23 heavy (non-hydrogen) atoms. The quantitative estimate of drug-likeness (QED) is 0.392. The molecule has 3 aromatic carbocycles. The normalized spacial score (nSPS) is 11.0. The third-order valence-electron chi connectivity index (χ3n) is 4.45. The molecule has 0 N–H and O–H groups in total. The van der Waals surface area contributed by atoms with Gasteiger partial charge in [0.1, 0.15) is 12.8 Å². The zero-order valence-electron chi connectivity index (χ0n) is 13.3. The topological polar surface area (TPSA) is 13.1 Å². The van der Waals surface area contributed by atoms with Crippen LogP contribution < -0.4 is 9.30 Å². The highest BCUT2D eigenvalue weighted by atomic mass is 16.5. The minimum absolute atomic E-state index is 0.879. The summed E-state index contributed by atoms with van der Waals surface area (Å²) in [7, 11) is 3.82. The van der Waals surface area contributed by atoms with E-state index in [-0.39, 0.29) is 0 Å². The third kappa shape index (κ3) is 2.15. The summed E-state index contributed by atoms with van der Waals surface area (Å²) in [4.78, 5) is 0. The maximum atomic E-state index is 5.30. The van der Waals surface area contributed by atoms with E-state index >= 15 is 0 Å². The Hall–Kier alpha value is -2.87. The molecule has 0 fully saturated rings. The zero-order valence-corrected chi connectivity index (χ0v) is 13.3. The van der Waals surface area contributed by atoms with Crippen LogP contribution in [0.1, 0.15) is 0 Å². The van der Waals surface area contributed by atoms with Gasteiger partial charge in [0.05, 0.1) is 17.9 Å². The Balaban J connectivity index is 2.15. The van der Waals surface area contributed by atoms with E-state index in [1.54, 1.807) is 7.11 Å². The van der Waals surface area contributed by atoms with Crippen molar-refractivity contribution in [3.8, 4) is 16.9 Å². The number of nitrogens with zero attached hydrogens (tertiary/aromatic N) is 1. The van der Waals surface area contributed by atoms with Gasteiger partial charge in [-0.3, -0.25) is 0 Å². The fraction of sp³-hybridized carbons (Fsp3) is 0.0952. The fourth-order valence-corrected chi connectivity index (χ4v) is 3.30. The van der Waals surface area contributed by atoms with Gasteiger partial charge in [-0.2, -0.15) is 4.57 Å². The van der Waals surface area contributed by atoms with Crippen LogP contribution in [0, 0.1) is 0 Å². The van der Waals surface area contributed by atoms with Crippen LogP contribution in [0.2, 0.25) is 0 Å². The molecule has 0 aliphatic heterocycles. The molecular formula is C21H18NO+. The molecule has 112 valence electrons. The van der Waals surface area contributed by atoms with E-state index < -0.39 is 0 Å². The predicted molar refractivity (Wildman–Crippen MR) is 94.6 cm³/mol. The summed E-state index contributed by atoms with van der Waals surface area (Å²) in [5, 5.41) is 2.53. The lowest BCUT2D eigenvalue weighted by atomic mass is 9.96. The van der Waals surface area contributed by atoms with Gasteiger partial charge in [0.15, 0.2) is 0 Å². The molecule has 0 spiro atoms. The number of ether oxygens (including phenoxy) is 1. The summed E-state index contributed by atoms with van der Waals surface area (Å²) in [6, 6.07) is 25.4. The van der Waals surface area contributed by atoms with Crippen molar-refractivity contribution >= 4 is 21.8 Å². The Bertz CT molecular complexity index is 946. The van der Waals surface area contributed by atoms with Crippen molar-refractivity contribution in [1.29, 1.82) is 0 Å². The smallest absolute Gasteiger partial charge is 0.213 e. The summed E-state index contributed by atoms with van der Waals surface area (Å²) in [6.07, 6.45) is 0. The first-order valence-electron chi connectivity index (χ1n) is 7.73. The molecule has 4 rings (SSSR count). The molecule has 0 saturated carbocycles. The van der Waals surface area contributed by atoms with Crippen LogP contribution in [0.3, 0.4) is 0 Å². The van der Waals surface area contributed by atoms with Crippen LogP contribution in [-0.2, 0) is 7.05 Å². The highest BCUT2D eigenvalue weighted by Crippen LogP contribution is 2.34. The second-order valence-corrected chi connectivity index (χ2v) is 5.70. The predicted octanol–water partition coefficient (Wildman–Crippen LogP) is 4.49. The van der Waals surface area contributed by atoms with Crippen molar-refractivity contribution in [2.24, 2.45) is 7.05 Å². The van der Waals surface area contributed by atoms with Crippen molar-refractivity contribution < 1.29 is 9.30 Å². The Morgan fingerprint density at radius 1 is 0.696 bits per heavy atom. The van der Waals surface area contributed by atoms with Gasteiger partial charge in [0, 0.05) is 17.7 Å². The Kier molecular flexibility index (Phi) is 3.23. The minimum Gasteiger partial charge on any atom is -0.497 e. The number of methoxy groups -OCH3 is 1. The number of benzene rings is 3. The van der Waals surface area contributed by atoms with Crippen LogP contribution in [0.4, 0.5) is 0 Å². The minimum atomic E-state index is 0.879. The average Bonchev–Trinajstić information content (AvgIpc) is 2.63. The second kappa shape index (κ2) is 5.40. The molecule has 0 bridgehead atoms.